The van der Waals surface area contributed by atoms with Gasteiger partial charge in [0.15, 0.2) is 0 Å². The van der Waals surface area contributed by atoms with E-state index in [4.69, 9.17) is 4.74 Å². The molecule has 6 nitrogen and oxygen atoms in total. The maximum absolute atomic E-state index is 14.5. The molecule has 2 N–H and O–H groups in total. The Morgan fingerprint density at radius 1 is 1.18 bits per heavy atom. The highest BCUT2D eigenvalue weighted by Gasteiger charge is 2.37. The topological polar surface area (TPSA) is 71.9 Å². The smallest absolute Gasteiger partial charge is 0.407 e. The first-order valence-corrected chi connectivity index (χ1v) is 10.5. The third-order valence-corrected chi connectivity index (χ3v) is 5.95. The Morgan fingerprint density at radius 3 is 2.64 bits per heavy atom. The molecule has 9 heteroatoms. The number of alkyl carbamates (subject to hydrolysis) is 1. The summed E-state index contributed by atoms with van der Waals surface area (Å²) in [4.78, 5) is 19.3. The van der Waals surface area contributed by atoms with Crippen LogP contribution in [0.5, 0.6) is 0 Å². The second-order valence-corrected chi connectivity index (χ2v) is 8.31. The molecule has 2 aromatic heterocycles. The van der Waals surface area contributed by atoms with Crippen molar-refractivity contribution in [3.63, 3.8) is 0 Å². The van der Waals surface area contributed by atoms with Crippen LogP contribution in [0.2, 0.25) is 0 Å². The Labute approximate surface area is 187 Å². The predicted molar refractivity (Wildman–Crippen MR) is 116 cm³/mol. The van der Waals surface area contributed by atoms with Crippen LogP contribution in [0.15, 0.2) is 48.9 Å². The molecule has 1 amide bonds. The fourth-order valence-electron chi connectivity index (χ4n) is 4.32. The molecule has 0 unspecified atom stereocenters. The van der Waals surface area contributed by atoms with Gasteiger partial charge in [0.05, 0.1) is 29.8 Å². The van der Waals surface area contributed by atoms with Gasteiger partial charge in [0.1, 0.15) is 23.6 Å². The zero-order valence-electron chi connectivity index (χ0n) is 17.7. The fourth-order valence-corrected chi connectivity index (χ4v) is 4.32. The third-order valence-electron chi connectivity index (χ3n) is 5.95. The summed E-state index contributed by atoms with van der Waals surface area (Å²) >= 11 is 0. The maximum Gasteiger partial charge on any atom is 0.407 e. The third kappa shape index (κ3) is 4.18. The Hall–Kier alpha value is -3.75. The highest BCUT2D eigenvalue weighted by molar-refractivity contribution is 5.92. The fraction of sp³-hybridized carbons (Fsp3) is 0.250. The van der Waals surface area contributed by atoms with Gasteiger partial charge >= 0.3 is 6.09 Å². The minimum absolute atomic E-state index is 0.0754. The summed E-state index contributed by atoms with van der Waals surface area (Å²) in [6.45, 7) is 0.255. The Kier molecular flexibility index (Phi) is 5.32. The van der Waals surface area contributed by atoms with E-state index in [9.17, 15) is 18.0 Å². The van der Waals surface area contributed by atoms with E-state index in [1.165, 1.54) is 18.2 Å². The summed E-state index contributed by atoms with van der Waals surface area (Å²) < 4.78 is 49.2. The summed E-state index contributed by atoms with van der Waals surface area (Å²) in [5.41, 5.74) is 2.93. The quantitative estimate of drug-likeness (QED) is 0.438. The van der Waals surface area contributed by atoms with Crippen molar-refractivity contribution in [2.75, 3.05) is 0 Å². The van der Waals surface area contributed by atoms with Crippen molar-refractivity contribution in [2.45, 2.75) is 31.4 Å². The van der Waals surface area contributed by atoms with Gasteiger partial charge in [-0.25, -0.2) is 22.9 Å². The molecule has 2 heterocycles. The number of carbonyl (C=O) groups excluding carboxylic acids is 1. The van der Waals surface area contributed by atoms with Gasteiger partial charge in [0, 0.05) is 24.7 Å². The molecule has 0 bridgehead atoms. The van der Waals surface area contributed by atoms with Gasteiger partial charge in [0.25, 0.3) is 0 Å². The number of halogens is 3. The van der Waals surface area contributed by atoms with E-state index in [-0.39, 0.29) is 29.9 Å². The number of benzene rings is 2. The van der Waals surface area contributed by atoms with Gasteiger partial charge in [-0.15, -0.1) is 0 Å². The predicted octanol–water partition coefficient (Wildman–Crippen LogP) is 5.16. The first-order valence-electron chi connectivity index (χ1n) is 10.5. The number of amides is 1. The van der Waals surface area contributed by atoms with Gasteiger partial charge < -0.3 is 19.6 Å². The molecule has 0 spiro atoms. The summed E-state index contributed by atoms with van der Waals surface area (Å²) in [5, 5.41) is 3.11. The number of fused-ring (bicyclic) bond motifs is 1. The van der Waals surface area contributed by atoms with Crippen LogP contribution in [0, 0.1) is 17.5 Å². The minimum atomic E-state index is -0.694. The van der Waals surface area contributed by atoms with Gasteiger partial charge in [-0.2, -0.15) is 0 Å². The first-order chi connectivity index (χ1) is 15.9. The zero-order chi connectivity index (χ0) is 23.1. The van der Waals surface area contributed by atoms with Crippen molar-refractivity contribution in [2.24, 2.45) is 7.05 Å². The van der Waals surface area contributed by atoms with Crippen molar-refractivity contribution in [1.29, 1.82) is 0 Å². The first kappa shape index (κ1) is 21.1. The van der Waals surface area contributed by atoms with Crippen LogP contribution in [-0.2, 0) is 18.3 Å². The molecule has 0 radical (unpaired) electrons. The summed E-state index contributed by atoms with van der Waals surface area (Å²) in [6.07, 6.45) is 3.60. The van der Waals surface area contributed by atoms with Crippen molar-refractivity contribution >= 4 is 17.0 Å². The highest BCUT2D eigenvalue weighted by Crippen LogP contribution is 2.46. The van der Waals surface area contributed by atoms with Crippen LogP contribution in [-0.4, -0.2) is 26.7 Å². The van der Waals surface area contributed by atoms with Crippen LogP contribution < -0.4 is 5.32 Å². The second-order valence-electron chi connectivity index (χ2n) is 8.31. The lowest BCUT2D eigenvalue weighted by Gasteiger charge is -2.35. The van der Waals surface area contributed by atoms with Crippen molar-refractivity contribution in [3.8, 4) is 11.3 Å². The average molecular weight is 454 g/mol. The van der Waals surface area contributed by atoms with Gasteiger partial charge in [0.2, 0.25) is 0 Å². The second kappa shape index (κ2) is 8.31. The molecule has 1 fully saturated rings. The standard InChI is InChI=1S/C24H21F3N4O2/c1-31-11-17(29-12-31)10-28-24(32)33-18-6-14(7-18)21-19-8-16(26)9-20(27)23(19)30-22(21)13-2-4-15(25)5-3-13/h2-5,8-9,11-12,14,18,30H,6-7,10H2,1H3,(H,28,32)/t14-,18-. The molecule has 0 atom stereocenters. The number of rotatable bonds is 5. The molecule has 2 aromatic carbocycles. The lowest BCUT2D eigenvalue weighted by Crippen LogP contribution is -2.36. The van der Waals surface area contributed by atoms with E-state index < -0.39 is 17.7 Å². The van der Waals surface area contributed by atoms with E-state index >= 15 is 0 Å². The molecule has 0 saturated heterocycles. The number of aromatic nitrogens is 3. The van der Waals surface area contributed by atoms with Crippen LogP contribution in [0.3, 0.4) is 0 Å². The number of carbonyl (C=O) groups is 1. The molecular weight excluding hydrogens is 433 g/mol. The van der Waals surface area contributed by atoms with E-state index in [2.05, 4.69) is 15.3 Å². The SMILES string of the molecule is Cn1cnc(CNC(=O)O[C@H]2C[C@H](c3c(-c4ccc(F)cc4)[nH]c4c(F)cc(F)cc43)C2)c1. The van der Waals surface area contributed by atoms with Crippen molar-refractivity contribution in [3.05, 3.63) is 77.6 Å². The average Bonchev–Trinajstić information content (AvgIpc) is 3.33. The number of aromatic amines is 1. The maximum atomic E-state index is 14.5. The Bertz CT molecular complexity index is 1320. The van der Waals surface area contributed by atoms with Crippen LogP contribution in [0.4, 0.5) is 18.0 Å². The van der Waals surface area contributed by atoms with Crippen LogP contribution >= 0.6 is 0 Å². The summed E-state index contributed by atoms with van der Waals surface area (Å²) in [6, 6.07) is 7.95. The number of hydrogen-bond acceptors (Lipinski definition) is 3. The minimum Gasteiger partial charge on any atom is -0.446 e. The number of ether oxygens (including phenoxy) is 1. The lowest BCUT2D eigenvalue weighted by molar-refractivity contribution is 0.0396. The van der Waals surface area contributed by atoms with E-state index in [1.54, 1.807) is 29.2 Å². The van der Waals surface area contributed by atoms with E-state index in [0.717, 1.165) is 11.6 Å². The number of aryl methyl sites for hydroxylation is 1. The molecule has 1 aliphatic rings. The number of nitrogens with one attached hydrogen (secondary N) is 2. The molecule has 4 aromatic rings. The van der Waals surface area contributed by atoms with Gasteiger partial charge in [-0.05, 0) is 60.2 Å². The Balaban J connectivity index is 1.34. The monoisotopic (exact) mass is 454 g/mol. The van der Waals surface area contributed by atoms with Crippen LogP contribution in [0.1, 0.15) is 30.0 Å². The molecule has 33 heavy (non-hydrogen) atoms. The highest BCUT2D eigenvalue weighted by atomic mass is 19.1. The lowest BCUT2D eigenvalue weighted by atomic mass is 9.75. The number of nitrogens with zero attached hydrogens (tertiary/aromatic N) is 2. The summed E-state index contributed by atoms with van der Waals surface area (Å²) in [7, 11) is 1.84. The molecular formula is C24H21F3N4O2. The largest absolute Gasteiger partial charge is 0.446 e. The molecule has 1 aliphatic carbocycles. The normalized spacial score (nSPS) is 17.7. The molecule has 1 saturated carbocycles. The van der Waals surface area contributed by atoms with Crippen molar-refractivity contribution < 1.29 is 22.7 Å². The van der Waals surface area contributed by atoms with Gasteiger partial charge in [-0.1, -0.05) is 0 Å². The molecule has 5 rings (SSSR count). The molecule has 0 aliphatic heterocycles. The molecule has 170 valence electrons. The summed E-state index contributed by atoms with van der Waals surface area (Å²) in [5.74, 6) is -1.83. The number of H-pyrrole nitrogens is 1. The zero-order valence-corrected chi connectivity index (χ0v) is 17.7. The number of hydrogen-bond donors (Lipinski definition) is 2. The van der Waals surface area contributed by atoms with E-state index in [0.29, 0.717) is 35.2 Å². The van der Waals surface area contributed by atoms with Crippen LogP contribution in [0.25, 0.3) is 22.2 Å². The number of imidazole rings is 1. The van der Waals surface area contributed by atoms with E-state index in [1.807, 2.05) is 7.05 Å². The van der Waals surface area contributed by atoms with Gasteiger partial charge in [-0.3, -0.25) is 0 Å². The Morgan fingerprint density at radius 2 is 1.94 bits per heavy atom. The van der Waals surface area contributed by atoms with Crippen molar-refractivity contribution in [1.82, 2.24) is 19.9 Å².